The summed E-state index contributed by atoms with van der Waals surface area (Å²) < 4.78 is 30.0. The lowest BCUT2D eigenvalue weighted by molar-refractivity contribution is -0.0889. The first kappa shape index (κ1) is 36.3. The highest BCUT2D eigenvalue weighted by atomic mass is 16.5. The van der Waals surface area contributed by atoms with E-state index in [1.807, 2.05) is 44.3 Å². The zero-order valence-corrected chi connectivity index (χ0v) is 29.9. The van der Waals surface area contributed by atoms with E-state index in [0.717, 1.165) is 33.4 Å². The zero-order chi connectivity index (χ0) is 36.2. The van der Waals surface area contributed by atoms with E-state index < -0.39 is 30.1 Å². The molecule has 5 atom stereocenters. The van der Waals surface area contributed by atoms with E-state index in [2.05, 4.69) is 5.32 Å². The topological polar surface area (TPSA) is 139 Å². The molecule has 0 aliphatic carbocycles. The van der Waals surface area contributed by atoms with Gasteiger partial charge in [0.05, 0.1) is 33.0 Å². The fourth-order valence-electron chi connectivity index (χ4n) is 7.72. The third-order valence-electron chi connectivity index (χ3n) is 10.3. The number of rotatable bonds is 13. The van der Waals surface area contributed by atoms with Crippen LogP contribution in [0.4, 0.5) is 0 Å². The van der Waals surface area contributed by atoms with Gasteiger partial charge in [0.25, 0.3) is 0 Å². The summed E-state index contributed by atoms with van der Waals surface area (Å²) in [6, 6.07) is 18.2. The summed E-state index contributed by atoms with van der Waals surface area (Å²) in [5.74, 6) is 1.64. The lowest BCUT2D eigenvalue weighted by atomic mass is 9.72. The molecule has 0 saturated carbocycles. The van der Waals surface area contributed by atoms with Crippen molar-refractivity contribution in [2.45, 2.75) is 57.5 Å². The monoisotopic (exact) mass is 699 g/mol. The van der Waals surface area contributed by atoms with Crippen LogP contribution >= 0.6 is 0 Å². The Labute approximate surface area is 299 Å². The summed E-state index contributed by atoms with van der Waals surface area (Å²) in [7, 11) is 6.71. The molecular formula is C41H49NO9. The van der Waals surface area contributed by atoms with E-state index in [-0.39, 0.29) is 18.1 Å². The summed E-state index contributed by atoms with van der Waals surface area (Å²) in [4.78, 5) is 0. The Hall–Kier alpha value is -4.48. The molecule has 0 saturated heterocycles. The maximum Gasteiger partial charge on any atom is 0.128 e. The van der Waals surface area contributed by atoms with Gasteiger partial charge in [-0.3, -0.25) is 0 Å². The lowest BCUT2D eigenvalue weighted by Gasteiger charge is -2.45. The molecule has 2 heterocycles. The van der Waals surface area contributed by atoms with Crippen LogP contribution < -0.4 is 24.3 Å². The highest BCUT2D eigenvalue weighted by Crippen LogP contribution is 2.52. The Morgan fingerprint density at radius 1 is 0.863 bits per heavy atom. The first-order valence-corrected chi connectivity index (χ1v) is 17.6. The van der Waals surface area contributed by atoms with Crippen LogP contribution in [0.2, 0.25) is 0 Å². The maximum atomic E-state index is 12.2. The van der Waals surface area contributed by atoms with E-state index in [9.17, 15) is 20.4 Å². The van der Waals surface area contributed by atoms with Crippen molar-refractivity contribution in [1.29, 1.82) is 0 Å². The van der Waals surface area contributed by atoms with Gasteiger partial charge in [0, 0.05) is 60.8 Å². The highest BCUT2D eigenvalue weighted by Gasteiger charge is 2.47. The summed E-state index contributed by atoms with van der Waals surface area (Å²) >= 11 is 0. The zero-order valence-electron chi connectivity index (χ0n) is 29.9. The van der Waals surface area contributed by atoms with Crippen molar-refractivity contribution in [3.8, 4) is 45.6 Å². The molecule has 0 unspecified atom stereocenters. The second-order valence-electron chi connectivity index (χ2n) is 13.4. The molecular weight excluding hydrogens is 650 g/mol. The van der Waals surface area contributed by atoms with Gasteiger partial charge >= 0.3 is 0 Å². The molecule has 0 spiro atoms. The van der Waals surface area contributed by atoms with Gasteiger partial charge < -0.3 is 49.4 Å². The fraction of sp³-hybridized carbons (Fsp3) is 0.415. The quantitative estimate of drug-likeness (QED) is 0.102. The standard InChI is InChI=1S/C41H49NO9/c1-6-23-16-30(24-9-7-10-28(43)14-24)25(17-34(23)44)13-26-15-29(48-4)19-32-39(45)33(22-50-41(26)32)38-35(11-8-12-47-3)51-37-18-27(21-42-2)36(49-5)20-31(37)40(38)46/h7,9-10,14-20,33,35,38-40,42-46H,6,8,11-13,21-22H2,1-5H3/t33-,35+,38-,39-,40+/m1/s1. The van der Waals surface area contributed by atoms with Crippen molar-refractivity contribution in [3.05, 3.63) is 94.0 Å². The molecule has 10 heteroatoms. The number of aliphatic hydroxyl groups excluding tert-OH is 2. The first-order valence-electron chi connectivity index (χ1n) is 17.6. The molecule has 10 nitrogen and oxygen atoms in total. The first-order chi connectivity index (χ1) is 24.7. The van der Waals surface area contributed by atoms with Gasteiger partial charge in [0.2, 0.25) is 0 Å². The van der Waals surface area contributed by atoms with E-state index in [0.29, 0.717) is 73.0 Å². The molecule has 51 heavy (non-hydrogen) atoms. The maximum absolute atomic E-state index is 12.2. The van der Waals surface area contributed by atoms with Gasteiger partial charge in [0.1, 0.15) is 40.6 Å². The normalized spacial score (nSPS) is 20.9. The molecule has 2 aliphatic heterocycles. The van der Waals surface area contributed by atoms with Crippen LogP contribution in [0, 0.1) is 11.8 Å². The van der Waals surface area contributed by atoms with Crippen molar-refractivity contribution in [1.82, 2.24) is 5.32 Å². The number of nitrogens with one attached hydrogen (secondary N) is 1. The summed E-state index contributed by atoms with van der Waals surface area (Å²) in [5.41, 5.74) is 6.17. The average Bonchev–Trinajstić information content (AvgIpc) is 3.12. The van der Waals surface area contributed by atoms with Crippen molar-refractivity contribution in [2.24, 2.45) is 11.8 Å². The number of hydrogen-bond donors (Lipinski definition) is 5. The van der Waals surface area contributed by atoms with Crippen LogP contribution in [0.1, 0.15) is 65.4 Å². The van der Waals surface area contributed by atoms with Gasteiger partial charge in [-0.15, -0.1) is 0 Å². The van der Waals surface area contributed by atoms with E-state index in [1.54, 1.807) is 51.7 Å². The molecule has 6 rings (SSSR count). The highest BCUT2D eigenvalue weighted by molar-refractivity contribution is 5.72. The van der Waals surface area contributed by atoms with E-state index in [1.165, 1.54) is 0 Å². The number of aryl methyl sites for hydroxylation is 1. The Kier molecular flexibility index (Phi) is 11.3. The number of phenols is 2. The average molecular weight is 700 g/mol. The largest absolute Gasteiger partial charge is 0.508 e. The van der Waals surface area contributed by atoms with Gasteiger partial charge in [-0.2, -0.15) is 0 Å². The molecule has 4 aromatic carbocycles. The minimum atomic E-state index is -1.01. The minimum absolute atomic E-state index is 0.142. The van der Waals surface area contributed by atoms with Crippen molar-refractivity contribution in [2.75, 3.05) is 41.6 Å². The van der Waals surface area contributed by atoms with Gasteiger partial charge in [-0.25, -0.2) is 0 Å². The molecule has 0 aromatic heterocycles. The molecule has 5 N–H and O–H groups in total. The van der Waals surface area contributed by atoms with Crippen LogP contribution in [0.15, 0.2) is 60.7 Å². The molecule has 0 bridgehead atoms. The Morgan fingerprint density at radius 2 is 1.69 bits per heavy atom. The summed E-state index contributed by atoms with van der Waals surface area (Å²) in [6.45, 7) is 3.23. The van der Waals surface area contributed by atoms with Crippen LogP contribution in [-0.4, -0.2) is 68.1 Å². The molecule has 272 valence electrons. The SMILES string of the molecule is CCc1cc(-c2cccc(O)c2)c(Cc2cc(OC)cc3c2OC[C@H]([C@@H]2[C@H](CCCOC)Oc4cc(CNC)c(OC)cc4[C@@H]2O)[C@@H]3O)cc1O. The van der Waals surface area contributed by atoms with Gasteiger partial charge in [0.15, 0.2) is 0 Å². The summed E-state index contributed by atoms with van der Waals surface area (Å²) in [5, 5.41) is 48.6. The molecule has 0 radical (unpaired) electrons. The van der Waals surface area contributed by atoms with Crippen LogP contribution in [0.3, 0.4) is 0 Å². The number of methoxy groups -OCH3 is 3. The Balaban J connectivity index is 1.39. The number of hydrogen-bond acceptors (Lipinski definition) is 10. The molecule has 0 fully saturated rings. The lowest BCUT2D eigenvalue weighted by Crippen LogP contribution is -2.46. The third kappa shape index (κ3) is 7.32. The number of aliphatic hydroxyl groups is 2. The number of ether oxygens (including phenoxy) is 5. The van der Waals surface area contributed by atoms with E-state index in [4.69, 9.17) is 23.7 Å². The second kappa shape index (κ2) is 15.8. The molecule has 2 aliphatic rings. The smallest absolute Gasteiger partial charge is 0.128 e. The van der Waals surface area contributed by atoms with Gasteiger partial charge in [-0.1, -0.05) is 19.1 Å². The Bertz CT molecular complexity index is 1840. The number of fused-ring (bicyclic) bond motifs is 2. The second-order valence-corrected chi connectivity index (χ2v) is 13.4. The minimum Gasteiger partial charge on any atom is -0.508 e. The Morgan fingerprint density at radius 3 is 2.39 bits per heavy atom. The molecule has 4 aromatic rings. The van der Waals surface area contributed by atoms with Crippen molar-refractivity contribution >= 4 is 0 Å². The van der Waals surface area contributed by atoms with Crippen LogP contribution in [-0.2, 0) is 24.1 Å². The number of phenolic OH excluding ortho intramolecular Hbond substituents is 2. The predicted octanol–water partition coefficient (Wildman–Crippen LogP) is 6.23. The predicted molar refractivity (Wildman–Crippen MR) is 194 cm³/mol. The van der Waals surface area contributed by atoms with Crippen LogP contribution in [0.5, 0.6) is 34.5 Å². The van der Waals surface area contributed by atoms with Crippen molar-refractivity contribution in [3.63, 3.8) is 0 Å². The van der Waals surface area contributed by atoms with E-state index >= 15 is 0 Å². The molecule has 0 amide bonds. The van der Waals surface area contributed by atoms with Crippen LogP contribution in [0.25, 0.3) is 11.1 Å². The number of aromatic hydroxyl groups is 2. The van der Waals surface area contributed by atoms with Crippen molar-refractivity contribution < 1.29 is 44.1 Å². The van der Waals surface area contributed by atoms with Gasteiger partial charge in [-0.05, 0) is 97.1 Å². The number of benzene rings is 4. The summed E-state index contributed by atoms with van der Waals surface area (Å²) in [6.07, 6.45) is -0.0717. The fourth-order valence-corrected chi connectivity index (χ4v) is 7.72. The third-order valence-corrected chi connectivity index (χ3v) is 10.3.